The number of carbonyl (C=O) groups is 1. The number of aryl methyl sites for hydroxylation is 1. The Bertz CT molecular complexity index is 448. The van der Waals surface area contributed by atoms with Crippen LogP contribution in [0.15, 0.2) is 10.5 Å². The van der Waals surface area contributed by atoms with Gasteiger partial charge in [-0.2, -0.15) is 0 Å². The van der Waals surface area contributed by atoms with Crippen LogP contribution < -0.4 is 10.5 Å². The van der Waals surface area contributed by atoms with E-state index in [9.17, 15) is 9.90 Å². The van der Waals surface area contributed by atoms with Gasteiger partial charge in [-0.05, 0) is 18.6 Å². The van der Waals surface area contributed by atoms with Crippen LogP contribution in [0.1, 0.15) is 17.0 Å². The van der Waals surface area contributed by atoms with E-state index in [4.69, 9.17) is 15.6 Å². The molecule has 0 heterocycles. The van der Waals surface area contributed by atoms with Crippen molar-refractivity contribution in [3.63, 3.8) is 0 Å². The molecule has 0 aliphatic carbocycles. The second-order valence-electron chi connectivity index (χ2n) is 3.60. The molecule has 1 atom stereocenters. The lowest BCUT2D eigenvalue weighted by Crippen LogP contribution is -2.22. The number of hydrogen-bond donors (Lipinski definition) is 3. The molecule has 5 nitrogen and oxygen atoms in total. The van der Waals surface area contributed by atoms with Gasteiger partial charge in [-0.25, -0.2) is 0 Å². The van der Waals surface area contributed by atoms with Gasteiger partial charge in [0.1, 0.15) is 0 Å². The first kappa shape index (κ1) is 13.8. The molecule has 94 valence electrons. The number of aliphatic carboxylic acids is 1. The Balaban J connectivity index is 3.49. The van der Waals surface area contributed by atoms with Gasteiger partial charge in [-0.1, -0.05) is 15.9 Å². The van der Waals surface area contributed by atoms with Crippen LogP contribution in [0.4, 0.5) is 0 Å². The number of ether oxygens (including phenoxy) is 1. The van der Waals surface area contributed by atoms with Gasteiger partial charge in [0.2, 0.25) is 0 Å². The van der Waals surface area contributed by atoms with Crippen LogP contribution in [0, 0.1) is 6.92 Å². The molecule has 0 saturated heterocycles. The molecule has 0 bridgehead atoms. The van der Waals surface area contributed by atoms with Crippen molar-refractivity contribution >= 4 is 21.9 Å². The smallest absolute Gasteiger partial charge is 0.312 e. The number of hydrogen-bond acceptors (Lipinski definition) is 4. The molecular weight excluding hydrogens is 290 g/mol. The summed E-state index contributed by atoms with van der Waals surface area (Å²) < 4.78 is 5.53. The summed E-state index contributed by atoms with van der Waals surface area (Å²) in [5, 5.41) is 19.0. The normalized spacial score (nSPS) is 12.2. The topological polar surface area (TPSA) is 92.8 Å². The molecule has 0 amide bonds. The highest BCUT2D eigenvalue weighted by molar-refractivity contribution is 9.10. The first-order chi connectivity index (χ1) is 7.93. The van der Waals surface area contributed by atoms with Crippen molar-refractivity contribution < 1.29 is 19.7 Å². The number of phenols is 1. The van der Waals surface area contributed by atoms with Crippen LogP contribution >= 0.6 is 15.9 Å². The maximum absolute atomic E-state index is 11.1. The Labute approximate surface area is 107 Å². The Morgan fingerprint density at radius 1 is 1.65 bits per heavy atom. The minimum atomic E-state index is -1.09. The van der Waals surface area contributed by atoms with E-state index in [-0.39, 0.29) is 23.6 Å². The monoisotopic (exact) mass is 303 g/mol. The van der Waals surface area contributed by atoms with Crippen LogP contribution in [-0.4, -0.2) is 29.8 Å². The summed E-state index contributed by atoms with van der Waals surface area (Å²) in [7, 11) is 1.41. The highest BCUT2D eigenvalue weighted by atomic mass is 79.9. The number of rotatable bonds is 4. The lowest BCUT2D eigenvalue weighted by Gasteiger charge is -2.18. The summed E-state index contributed by atoms with van der Waals surface area (Å²) in [6.07, 6.45) is 0. The quantitative estimate of drug-likeness (QED) is 0.785. The van der Waals surface area contributed by atoms with E-state index in [0.29, 0.717) is 4.47 Å². The highest BCUT2D eigenvalue weighted by Crippen LogP contribution is 2.41. The van der Waals surface area contributed by atoms with Crippen molar-refractivity contribution in [1.29, 1.82) is 0 Å². The van der Waals surface area contributed by atoms with Crippen LogP contribution in [0.2, 0.25) is 0 Å². The third-order valence-corrected chi connectivity index (χ3v) is 3.57. The predicted molar refractivity (Wildman–Crippen MR) is 66.5 cm³/mol. The lowest BCUT2D eigenvalue weighted by atomic mass is 9.96. The molecule has 0 aliphatic heterocycles. The van der Waals surface area contributed by atoms with Gasteiger partial charge in [-0.3, -0.25) is 4.79 Å². The molecule has 6 heteroatoms. The molecule has 1 aromatic carbocycles. The predicted octanol–water partition coefficient (Wildman–Crippen LogP) is 1.60. The molecule has 0 radical (unpaired) electrons. The van der Waals surface area contributed by atoms with Crippen LogP contribution in [0.3, 0.4) is 0 Å². The van der Waals surface area contributed by atoms with Crippen LogP contribution in [0.25, 0.3) is 0 Å². The number of methoxy groups -OCH3 is 1. The van der Waals surface area contributed by atoms with Gasteiger partial charge in [0.25, 0.3) is 0 Å². The van der Waals surface area contributed by atoms with E-state index >= 15 is 0 Å². The summed E-state index contributed by atoms with van der Waals surface area (Å²) in [6.45, 7) is 1.68. The summed E-state index contributed by atoms with van der Waals surface area (Å²) in [5.41, 5.74) is 6.45. The van der Waals surface area contributed by atoms with Gasteiger partial charge in [0.05, 0.1) is 13.0 Å². The number of carboxylic acids is 1. The van der Waals surface area contributed by atoms with Crippen LogP contribution in [0.5, 0.6) is 11.5 Å². The molecular formula is C11H14BrNO4. The largest absolute Gasteiger partial charge is 0.504 e. The number of phenolic OH excluding ortho intramolecular Hbond substituents is 1. The zero-order chi connectivity index (χ0) is 13.2. The number of benzene rings is 1. The van der Waals surface area contributed by atoms with Crippen molar-refractivity contribution in [2.24, 2.45) is 5.73 Å². The van der Waals surface area contributed by atoms with Gasteiger partial charge in [0.15, 0.2) is 11.5 Å². The highest BCUT2D eigenvalue weighted by Gasteiger charge is 2.27. The van der Waals surface area contributed by atoms with E-state index < -0.39 is 11.9 Å². The van der Waals surface area contributed by atoms with E-state index in [1.165, 1.54) is 7.11 Å². The Morgan fingerprint density at radius 3 is 2.65 bits per heavy atom. The summed E-state index contributed by atoms with van der Waals surface area (Å²) in [6, 6.07) is 1.62. The minimum absolute atomic E-state index is 0.103. The second-order valence-corrected chi connectivity index (χ2v) is 4.39. The maximum Gasteiger partial charge on any atom is 0.312 e. The number of carboxylic acid groups (broad SMARTS) is 1. The second kappa shape index (κ2) is 5.37. The first-order valence-electron chi connectivity index (χ1n) is 4.92. The zero-order valence-corrected chi connectivity index (χ0v) is 11.1. The molecule has 0 aromatic heterocycles. The van der Waals surface area contributed by atoms with E-state index in [1.807, 2.05) is 0 Å². The molecule has 0 fully saturated rings. The number of halogens is 1. The minimum Gasteiger partial charge on any atom is -0.504 e. The SMILES string of the molecule is COc1cc(C)c(Br)c(C(CN)C(=O)O)c1O. The van der Waals surface area contributed by atoms with Gasteiger partial charge >= 0.3 is 5.97 Å². The summed E-state index contributed by atoms with van der Waals surface area (Å²) in [4.78, 5) is 11.1. The van der Waals surface area contributed by atoms with Gasteiger partial charge < -0.3 is 20.7 Å². The van der Waals surface area contributed by atoms with Crippen molar-refractivity contribution in [1.82, 2.24) is 0 Å². The molecule has 0 saturated carbocycles. The molecule has 17 heavy (non-hydrogen) atoms. The lowest BCUT2D eigenvalue weighted by molar-refractivity contribution is -0.138. The molecule has 1 unspecified atom stereocenters. The maximum atomic E-state index is 11.1. The fourth-order valence-corrected chi connectivity index (χ4v) is 2.17. The summed E-state index contributed by atoms with van der Waals surface area (Å²) >= 11 is 3.27. The molecule has 0 spiro atoms. The van der Waals surface area contributed by atoms with Crippen LogP contribution in [-0.2, 0) is 4.79 Å². The van der Waals surface area contributed by atoms with Crippen molar-refractivity contribution in [3.05, 3.63) is 21.7 Å². The van der Waals surface area contributed by atoms with E-state index in [1.54, 1.807) is 13.0 Å². The molecule has 4 N–H and O–H groups in total. The summed E-state index contributed by atoms with van der Waals surface area (Å²) in [5.74, 6) is -2.02. The van der Waals surface area contributed by atoms with E-state index in [0.717, 1.165) is 5.56 Å². The van der Waals surface area contributed by atoms with Crippen molar-refractivity contribution in [2.75, 3.05) is 13.7 Å². The average Bonchev–Trinajstić information content (AvgIpc) is 2.28. The molecule has 0 aliphatic rings. The Hall–Kier alpha value is -1.27. The third kappa shape index (κ3) is 2.53. The number of aromatic hydroxyl groups is 1. The Kier molecular flexibility index (Phi) is 4.36. The van der Waals surface area contributed by atoms with Gasteiger partial charge in [-0.15, -0.1) is 0 Å². The van der Waals surface area contributed by atoms with Gasteiger partial charge in [0, 0.05) is 16.6 Å². The fourth-order valence-electron chi connectivity index (χ4n) is 1.59. The molecule has 1 rings (SSSR count). The van der Waals surface area contributed by atoms with E-state index in [2.05, 4.69) is 15.9 Å². The standard InChI is InChI=1S/C11H14BrNO4/c1-5-3-7(17-2)10(14)8(9(5)12)6(4-13)11(15)16/h3,6,14H,4,13H2,1-2H3,(H,15,16). The Morgan fingerprint density at radius 2 is 2.24 bits per heavy atom. The number of nitrogens with two attached hydrogens (primary N) is 1. The van der Waals surface area contributed by atoms with Crippen molar-refractivity contribution in [2.45, 2.75) is 12.8 Å². The first-order valence-corrected chi connectivity index (χ1v) is 5.72. The average molecular weight is 304 g/mol. The zero-order valence-electron chi connectivity index (χ0n) is 9.53. The molecule has 1 aromatic rings. The third-order valence-electron chi connectivity index (χ3n) is 2.52. The fraction of sp³-hybridized carbons (Fsp3) is 0.364. The van der Waals surface area contributed by atoms with Crippen molar-refractivity contribution in [3.8, 4) is 11.5 Å².